The molecule has 2 rings (SSSR count). The van der Waals surface area contributed by atoms with E-state index in [1.807, 2.05) is 0 Å². The number of hydrogen-bond donors (Lipinski definition) is 0. The topological polar surface area (TPSA) is 34.9 Å². The normalized spacial score (nSPS) is 10.3. The van der Waals surface area contributed by atoms with Crippen molar-refractivity contribution < 1.29 is 13.6 Å². The van der Waals surface area contributed by atoms with Crippen LogP contribution in [0.2, 0.25) is 0 Å². The van der Waals surface area contributed by atoms with Crippen molar-refractivity contribution in [2.45, 2.75) is 0 Å². The van der Waals surface area contributed by atoms with Crippen LogP contribution in [0.4, 0.5) is 8.78 Å². The zero-order chi connectivity index (χ0) is 10.8. The zero-order valence-corrected chi connectivity index (χ0v) is 7.52. The van der Waals surface area contributed by atoms with E-state index < -0.39 is 17.5 Å². The SMILES string of the molecule is O=C(c1cc(F)cc(F)c1)n1cccn1. The number of halogens is 2. The molecule has 0 atom stereocenters. The summed E-state index contributed by atoms with van der Waals surface area (Å²) in [7, 11) is 0. The molecule has 76 valence electrons. The molecule has 0 radical (unpaired) electrons. The number of rotatable bonds is 1. The van der Waals surface area contributed by atoms with E-state index in [0.29, 0.717) is 6.07 Å². The first-order chi connectivity index (χ1) is 7.16. The maximum absolute atomic E-state index is 12.8. The molecule has 0 unspecified atom stereocenters. The number of aromatic nitrogens is 2. The predicted octanol–water partition coefficient (Wildman–Crippen LogP) is 1.85. The Kier molecular flexibility index (Phi) is 2.29. The third-order valence-corrected chi connectivity index (χ3v) is 1.82. The molecule has 0 amide bonds. The van der Waals surface area contributed by atoms with Gasteiger partial charge in [0.2, 0.25) is 0 Å². The second kappa shape index (κ2) is 3.61. The number of benzene rings is 1. The molecule has 2 aromatic rings. The van der Waals surface area contributed by atoms with Gasteiger partial charge in [-0.25, -0.2) is 13.5 Å². The molecule has 0 N–H and O–H groups in total. The first kappa shape index (κ1) is 9.51. The number of hydrogen-bond acceptors (Lipinski definition) is 2. The molecule has 0 spiro atoms. The lowest BCUT2D eigenvalue weighted by Crippen LogP contribution is -2.12. The third kappa shape index (κ3) is 1.90. The Morgan fingerprint density at radius 2 is 1.87 bits per heavy atom. The highest BCUT2D eigenvalue weighted by Crippen LogP contribution is 2.09. The summed E-state index contributed by atoms with van der Waals surface area (Å²) < 4.78 is 26.6. The second-order valence-corrected chi connectivity index (χ2v) is 2.91. The number of carbonyl (C=O) groups is 1. The van der Waals surface area contributed by atoms with Gasteiger partial charge in [-0.2, -0.15) is 5.10 Å². The first-order valence-corrected chi connectivity index (χ1v) is 4.17. The van der Waals surface area contributed by atoms with Crippen LogP contribution in [-0.4, -0.2) is 15.7 Å². The van der Waals surface area contributed by atoms with E-state index in [0.717, 1.165) is 16.8 Å². The van der Waals surface area contributed by atoms with Gasteiger partial charge in [0.1, 0.15) is 11.6 Å². The highest BCUT2D eigenvalue weighted by atomic mass is 19.1. The van der Waals surface area contributed by atoms with Crippen LogP contribution in [-0.2, 0) is 0 Å². The number of nitrogens with zero attached hydrogens (tertiary/aromatic N) is 2. The lowest BCUT2D eigenvalue weighted by atomic mass is 10.2. The van der Waals surface area contributed by atoms with Crippen LogP contribution in [0.25, 0.3) is 0 Å². The van der Waals surface area contributed by atoms with Crippen molar-refractivity contribution in [2.75, 3.05) is 0 Å². The maximum Gasteiger partial charge on any atom is 0.278 e. The van der Waals surface area contributed by atoms with Crippen LogP contribution in [0.5, 0.6) is 0 Å². The maximum atomic E-state index is 12.8. The van der Waals surface area contributed by atoms with Gasteiger partial charge in [-0.05, 0) is 18.2 Å². The fourth-order valence-electron chi connectivity index (χ4n) is 1.20. The van der Waals surface area contributed by atoms with Crippen LogP contribution in [0.1, 0.15) is 10.4 Å². The molecule has 1 aromatic heterocycles. The molecule has 0 aliphatic carbocycles. The molecule has 0 saturated carbocycles. The Balaban J connectivity index is 2.42. The fraction of sp³-hybridized carbons (Fsp3) is 0. The molecule has 1 aromatic carbocycles. The Bertz CT molecular complexity index is 474. The van der Waals surface area contributed by atoms with Crippen molar-refractivity contribution in [1.82, 2.24) is 9.78 Å². The highest BCUT2D eigenvalue weighted by Gasteiger charge is 2.10. The highest BCUT2D eigenvalue weighted by molar-refractivity contribution is 5.95. The van der Waals surface area contributed by atoms with Crippen molar-refractivity contribution in [3.63, 3.8) is 0 Å². The van der Waals surface area contributed by atoms with Gasteiger partial charge >= 0.3 is 0 Å². The lowest BCUT2D eigenvalue weighted by Gasteiger charge is -2.00. The van der Waals surface area contributed by atoms with Crippen LogP contribution in [0.15, 0.2) is 36.7 Å². The van der Waals surface area contributed by atoms with E-state index in [9.17, 15) is 13.6 Å². The van der Waals surface area contributed by atoms with E-state index in [1.54, 1.807) is 6.07 Å². The molecule has 15 heavy (non-hydrogen) atoms. The van der Waals surface area contributed by atoms with Crippen LogP contribution < -0.4 is 0 Å². The Morgan fingerprint density at radius 1 is 1.20 bits per heavy atom. The van der Waals surface area contributed by atoms with Crippen molar-refractivity contribution in [3.05, 3.63) is 53.9 Å². The lowest BCUT2D eigenvalue weighted by molar-refractivity contribution is 0.0944. The molecular formula is C10H6F2N2O. The van der Waals surface area contributed by atoms with Gasteiger partial charge in [-0.15, -0.1) is 0 Å². The molecule has 5 heteroatoms. The van der Waals surface area contributed by atoms with E-state index in [-0.39, 0.29) is 5.56 Å². The van der Waals surface area contributed by atoms with Crippen molar-refractivity contribution in [2.24, 2.45) is 0 Å². The van der Waals surface area contributed by atoms with Gasteiger partial charge in [-0.1, -0.05) is 0 Å². The summed E-state index contributed by atoms with van der Waals surface area (Å²) in [6, 6.07) is 4.19. The van der Waals surface area contributed by atoms with Crippen LogP contribution in [0, 0.1) is 11.6 Å². The smallest absolute Gasteiger partial charge is 0.267 e. The van der Waals surface area contributed by atoms with Crippen LogP contribution >= 0.6 is 0 Å². The summed E-state index contributed by atoms with van der Waals surface area (Å²) in [6.07, 6.45) is 2.82. The largest absolute Gasteiger partial charge is 0.278 e. The van der Waals surface area contributed by atoms with Crippen molar-refractivity contribution >= 4 is 5.91 Å². The summed E-state index contributed by atoms with van der Waals surface area (Å²) in [5.74, 6) is -2.14. The van der Waals surface area contributed by atoms with Gasteiger partial charge < -0.3 is 0 Å². The summed E-state index contributed by atoms with van der Waals surface area (Å²) in [5.41, 5.74) is -0.0730. The molecule has 0 aliphatic rings. The number of carbonyl (C=O) groups excluding carboxylic acids is 1. The summed E-state index contributed by atoms with van der Waals surface area (Å²) >= 11 is 0. The van der Waals surface area contributed by atoms with Gasteiger partial charge in [0.15, 0.2) is 0 Å². The van der Waals surface area contributed by atoms with Gasteiger partial charge in [0, 0.05) is 24.0 Å². The van der Waals surface area contributed by atoms with E-state index in [1.165, 1.54) is 12.4 Å². The quantitative estimate of drug-likeness (QED) is 0.716. The van der Waals surface area contributed by atoms with E-state index >= 15 is 0 Å². The summed E-state index contributed by atoms with van der Waals surface area (Å²) in [6.45, 7) is 0. The zero-order valence-electron chi connectivity index (χ0n) is 7.52. The van der Waals surface area contributed by atoms with E-state index in [4.69, 9.17) is 0 Å². The summed E-state index contributed by atoms with van der Waals surface area (Å²) in [4.78, 5) is 11.6. The van der Waals surface area contributed by atoms with Crippen molar-refractivity contribution in [3.8, 4) is 0 Å². The third-order valence-electron chi connectivity index (χ3n) is 1.82. The molecular weight excluding hydrogens is 202 g/mol. The molecule has 0 aliphatic heterocycles. The fourth-order valence-corrected chi connectivity index (χ4v) is 1.20. The Hall–Kier alpha value is -2.04. The molecule has 0 bridgehead atoms. The van der Waals surface area contributed by atoms with Gasteiger partial charge in [0.25, 0.3) is 5.91 Å². The predicted molar refractivity (Wildman–Crippen MR) is 48.3 cm³/mol. The molecule has 3 nitrogen and oxygen atoms in total. The first-order valence-electron chi connectivity index (χ1n) is 4.17. The minimum atomic E-state index is -0.787. The standard InChI is InChI=1S/C10H6F2N2O/c11-8-4-7(5-9(12)6-8)10(15)14-3-1-2-13-14/h1-6H. The van der Waals surface area contributed by atoms with E-state index in [2.05, 4.69) is 5.10 Å². The Morgan fingerprint density at radius 3 is 2.40 bits per heavy atom. The molecule has 1 heterocycles. The van der Waals surface area contributed by atoms with Gasteiger partial charge in [-0.3, -0.25) is 4.79 Å². The van der Waals surface area contributed by atoms with Crippen LogP contribution in [0.3, 0.4) is 0 Å². The molecule has 0 saturated heterocycles. The summed E-state index contributed by atoms with van der Waals surface area (Å²) in [5, 5.41) is 3.67. The second-order valence-electron chi connectivity index (χ2n) is 2.91. The average molecular weight is 208 g/mol. The minimum absolute atomic E-state index is 0.0730. The Labute approximate surface area is 84.0 Å². The van der Waals surface area contributed by atoms with Crippen molar-refractivity contribution in [1.29, 1.82) is 0 Å². The molecule has 0 fully saturated rings. The minimum Gasteiger partial charge on any atom is -0.267 e. The monoisotopic (exact) mass is 208 g/mol. The average Bonchev–Trinajstić information content (AvgIpc) is 2.67. The van der Waals surface area contributed by atoms with Gasteiger partial charge in [0.05, 0.1) is 0 Å².